The molecule has 0 bridgehead atoms. The lowest BCUT2D eigenvalue weighted by Crippen LogP contribution is -2.39. The minimum atomic E-state index is -0.444. The van der Waals surface area contributed by atoms with Gasteiger partial charge in [0.25, 0.3) is 0 Å². The summed E-state index contributed by atoms with van der Waals surface area (Å²) in [6.45, 7) is 10.9. The van der Waals surface area contributed by atoms with Crippen LogP contribution in [0.4, 0.5) is 0 Å². The fourth-order valence-corrected chi connectivity index (χ4v) is 9.98. The molecule has 0 spiro atoms. The summed E-state index contributed by atoms with van der Waals surface area (Å²) in [6, 6.07) is 24.5. The number of fused-ring (bicyclic) bond motifs is 4. The third-order valence-electron chi connectivity index (χ3n) is 12.4. The van der Waals surface area contributed by atoms with Gasteiger partial charge in [0.2, 0.25) is 0 Å². The largest absolute Gasteiger partial charge is 0.460 e. The Hall–Kier alpha value is -4.71. The normalized spacial score (nSPS) is 15.8. The molecule has 65 heavy (non-hydrogen) atoms. The molecule has 336 valence electrons. The number of piperidine rings is 2. The smallest absolute Gasteiger partial charge is 0.306 e. The van der Waals surface area contributed by atoms with Gasteiger partial charge < -0.3 is 19.3 Å². The summed E-state index contributed by atoms with van der Waals surface area (Å²) in [5.41, 5.74) is 11.1. The highest BCUT2D eigenvalue weighted by Gasteiger charge is 2.26. The standard InChI is InChI=1S/C29H30Cl2N2O3.C23H21Cl2N3O/c1-29(2,3)36-26(34)12-18-8-10-33(11-9-18)17-20-13-21-22(15-32-16-23(21)28(31)27(20)30)25-14-19-6-4-5-7-24(19)35-25;24-22-15(13-28-7-5-16(26)6-8-28)9-17-18(11-27-12-19(17)23(22)25)21-10-14-3-1-2-4-20(14)29-21/h4-7,13-16,18H,8-12,17H2,1-3H3;1-4,9-12,16H,5-8,13,26H2. The fourth-order valence-electron chi connectivity index (χ4n) is 9.01. The zero-order valence-corrected chi connectivity index (χ0v) is 39.7. The summed E-state index contributed by atoms with van der Waals surface area (Å²) in [5, 5.41) is 7.90. The van der Waals surface area contributed by atoms with Crippen LogP contribution >= 0.6 is 46.4 Å². The van der Waals surface area contributed by atoms with Gasteiger partial charge in [0, 0.05) is 83.0 Å². The van der Waals surface area contributed by atoms with Crippen molar-refractivity contribution in [1.29, 1.82) is 0 Å². The van der Waals surface area contributed by atoms with Crippen LogP contribution in [0.2, 0.25) is 20.1 Å². The van der Waals surface area contributed by atoms with E-state index in [4.69, 9.17) is 65.7 Å². The Morgan fingerprint density at radius 1 is 0.646 bits per heavy atom. The Balaban J connectivity index is 0.000000168. The molecule has 4 aromatic heterocycles. The first kappa shape index (κ1) is 45.4. The summed E-state index contributed by atoms with van der Waals surface area (Å²) < 4.78 is 17.7. The number of ether oxygens (including phenoxy) is 1. The average molecular weight is 952 g/mol. The Bertz CT molecular complexity index is 2950. The molecule has 10 rings (SSSR count). The highest BCUT2D eigenvalue weighted by Crippen LogP contribution is 2.42. The summed E-state index contributed by atoms with van der Waals surface area (Å²) in [5.74, 6) is 1.76. The van der Waals surface area contributed by atoms with Crippen molar-refractivity contribution in [2.75, 3.05) is 26.2 Å². The number of hydrogen-bond donors (Lipinski definition) is 1. The maximum Gasteiger partial charge on any atom is 0.306 e. The monoisotopic (exact) mass is 949 g/mol. The number of nitrogens with zero attached hydrogens (tertiary/aromatic N) is 4. The van der Waals surface area contributed by atoms with E-state index in [1.54, 1.807) is 12.4 Å². The van der Waals surface area contributed by atoms with Crippen molar-refractivity contribution >= 4 is 95.9 Å². The highest BCUT2D eigenvalue weighted by atomic mass is 35.5. The summed E-state index contributed by atoms with van der Waals surface area (Å²) in [4.78, 5) is 25.8. The van der Waals surface area contributed by atoms with Gasteiger partial charge in [-0.25, -0.2) is 0 Å². The molecule has 0 aliphatic carbocycles. The number of carbonyl (C=O) groups is 1. The van der Waals surface area contributed by atoms with E-state index in [1.807, 2.05) is 93.8 Å². The van der Waals surface area contributed by atoms with Crippen LogP contribution in [-0.2, 0) is 22.6 Å². The lowest BCUT2D eigenvalue weighted by molar-refractivity contribution is -0.156. The number of esters is 1. The summed E-state index contributed by atoms with van der Waals surface area (Å²) >= 11 is 26.8. The average Bonchev–Trinajstić information content (AvgIpc) is 3.93. The molecule has 2 fully saturated rings. The first-order chi connectivity index (χ1) is 31.3. The Morgan fingerprint density at radius 2 is 1.09 bits per heavy atom. The Morgan fingerprint density at radius 3 is 1.54 bits per heavy atom. The van der Waals surface area contributed by atoms with Crippen molar-refractivity contribution in [3.8, 4) is 22.6 Å². The van der Waals surface area contributed by atoms with Crippen LogP contribution in [0.25, 0.3) is 66.1 Å². The predicted molar refractivity (Wildman–Crippen MR) is 265 cm³/mol. The third kappa shape index (κ3) is 10.2. The number of benzene rings is 4. The number of carbonyl (C=O) groups excluding carboxylic acids is 1. The Kier molecular flexibility index (Phi) is 13.5. The van der Waals surface area contributed by atoms with Gasteiger partial charge in [-0.3, -0.25) is 24.6 Å². The zero-order valence-electron chi connectivity index (χ0n) is 36.7. The molecule has 2 N–H and O–H groups in total. The Labute approximate surface area is 398 Å². The van der Waals surface area contributed by atoms with Crippen molar-refractivity contribution in [3.05, 3.63) is 129 Å². The number of hydrogen-bond acceptors (Lipinski definition) is 9. The van der Waals surface area contributed by atoms with E-state index < -0.39 is 5.60 Å². The second-order valence-corrected chi connectivity index (χ2v) is 19.8. The maximum absolute atomic E-state index is 12.2. The first-order valence-electron chi connectivity index (χ1n) is 22.2. The fraction of sp³-hybridized carbons (Fsp3) is 0.327. The van der Waals surface area contributed by atoms with Gasteiger partial charge in [0.1, 0.15) is 28.3 Å². The van der Waals surface area contributed by atoms with Crippen LogP contribution < -0.4 is 5.73 Å². The van der Waals surface area contributed by atoms with Gasteiger partial charge in [0.05, 0.1) is 20.1 Å². The molecule has 6 heterocycles. The molecule has 0 amide bonds. The van der Waals surface area contributed by atoms with E-state index in [0.717, 1.165) is 136 Å². The minimum absolute atomic E-state index is 0.114. The van der Waals surface area contributed by atoms with Gasteiger partial charge in [0.15, 0.2) is 0 Å². The molecular weight excluding hydrogens is 900 g/mol. The van der Waals surface area contributed by atoms with Gasteiger partial charge in [-0.15, -0.1) is 0 Å². The van der Waals surface area contributed by atoms with E-state index in [9.17, 15) is 4.79 Å². The number of halogens is 4. The minimum Gasteiger partial charge on any atom is -0.460 e. The van der Waals surface area contributed by atoms with Gasteiger partial charge in [-0.2, -0.15) is 0 Å². The van der Waals surface area contributed by atoms with Crippen molar-refractivity contribution in [3.63, 3.8) is 0 Å². The first-order valence-corrected chi connectivity index (χ1v) is 23.7. The lowest BCUT2D eigenvalue weighted by atomic mass is 9.93. The van der Waals surface area contributed by atoms with Crippen molar-refractivity contribution in [2.45, 2.75) is 77.6 Å². The summed E-state index contributed by atoms with van der Waals surface area (Å²) in [6.07, 6.45) is 11.5. The molecule has 2 saturated heterocycles. The molecular formula is C52H51Cl4N5O4. The second-order valence-electron chi connectivity index (χ2n) is 18.3. The number of nitrogens with two attached hydrogens (primary N) is 1. The lowest BCUT2D eigenvalue weighted by Gasteiger charge is -2.32. The molecule has 0 unspecified atom stereocenters. The third-order valence-corrected chi connectivity index (χ3v) is 14.3. The number of aromatic nitrogens is 2. The molecule has 0 atom stereocenters. The van der Waals surface area contributed by atoms with Crippen molar-refractivity contribution in [1.82, 2.24) is 19.8 Å². The molecule has 9 nitrogen and oxygen atoms in total. The molecule has 8 aromatic rings. The molecule has 2 aliphatic rings. The van der Waals surface area contributed by atoms with Crippen LogP contribution in [0.1, 0.15) is 64.0 Å². The van der Waals surface area contributed by atoms with Crippen LogP contribution in [-0.4, -0.2) is 63.6 Å². The molecule has 0 saturated carbocycles. The topological polar surface area (TPSA) is 111 Å². The van der Waals surface area contributed by atoms with Crippen LogP contribution in [0.5, 0.6) is 0 Å². The predicted octanol–water partition coefficient (Wildman–Crippen LogP) is 13.8. The number of para-hydroxylation sites is 2. The SMILES string of the molecule is CC(C)(C)OC(=O)CC1CCN(Cc2cc3c(-c4cc5ccccc5o4)cncc3c(Cl)c2Cl)CC1.NC1CCN(Cc2cc3c(-c4cc5ccccc5o4)cncc3c(Cl)c2Cl)CC1. The molecule has 13 heteroatoms. The van der Waals surface area contributed by atoms with Crippen molar-refractivity contribution in [2.24, 2.45) is 11.7 Å². The second kappa shape index (κ2) is 19.3. The quantitative estimate of drug-likeness (QED) is 0.149. The van der Waals surface area contributed by atoms with E-state index in [2.05, 4.69) is 31.9 Å². The van der Waals surface area contributed by atoms with Crippen molar-refractivity contribution < 1.29 is 18.4 Å². The van der Waals surface area contributed by atoms with Gasteiger partial charge in [-0.1, -0.05) is 82.8 Å². The molecule has 0 radical (unpaired) electrons. The highest BCUT2D eigenvalue weighted by molar-refractivity contribution is 6.46. The number of furan rings is 2. The summed E-state index contributed by atoms with van der Waals surface area (Å²) in [7, 11) is 0. The molecule has 4 aromatic carbocycles. The van der Waals surface area contributed by atoms with Crippen LogP contribution in [0, 0.1) is 5.92 Å². The van der Waals surface area contributed by atoms with E-state index >= 15 is 0 Å². The van der Waals surface area contributed by atoms with Crippen LogP contribution in [0.3, 0.4) is 0 Å². The maximum atomic E-state index is 12.2. The number of pyridine rings is 2. The van der Waals surface area contributed by atoms with E-state index in [1.165, 1.54) is 0 Å². The number of likely N-dealkylation sites (tertiary alicyclic amines) is 2. The van der Waals surface area contributed by atoms with Gasteiger partial charge in [-0.05, 0) is 137 Å². The zero-order chi connectivity index (χ0) is 45.4. The molecule has 2 aliphatic heterocycles. The number of rotatable bonds is 8. The van der Waals surface area contributed by atoms with E-state index in [0.29, 0.717) is 45.0 Å². The van der Waals surface area contributed by atoms with Gasteiger partial charge >= 0.3 is 5.97 Å². The van der Waals surface area contributed by atoms with E-state index in [-0.39, 0.29) is 5.97 Å². The van der Waals surface area contributed by atoms with Crippen LogP contribution in [0.15, 0.2) is 106 Å².